The lowest BCUT2D eigenvalue weighted by molar-refractivity contribution is -0.161. The molecule has 13 heteroatoms. The van der Waals surface area contributed by atoms with Crippen LogP contribution < -0.4 is 5.73 Å². The summed E-state index contributed by atoms with van der Waals surface area (Å²) in [5, 5.41) is 8.89. The third kappa shape index (κ3) is 32.3. The van der Waals surface area contributed by atoms with Crippen LogP contribution in [0.25, 0.3) is 0 Å². The maximum atomic E-state index is 12.6. The Kier molecular flexibility index (Phi) is 31.4. The summed E-state index contributed by atoms with van der Waals surface area (Å²) >= 11 is 0. The summed E-state index contributed by atoms with van der Waals surface area (Å²) in [5.41, 5.74) is 5.32. The number of carbonyl (C=O) groups excluding carboxylic acids is 2. The van der Waals surface area contributed by atoms with E-state index in [0.717, 1.165) is 64.2 Å². The Morgan fingerprint density at radius 1 is 0.667 bits per heavy atom. The van der Waals surface area contributed by atoms with E-state index in [0.29, 0.717) is 19.3 Å². The lowest BCUT2D eigenvalue weighted by Gasteiger charge is -2.20. The van der Waals surface area contributed by atoms with E-state index < -0.39 is 57.7 Å². The Morgan fingerprint density at radius 2 is 1.19 bits per heavy atom. The first-order valence-electron chi connectivity index (χ1n) is 20.7. The van der Waals surface area contributed by atoms with E-state index in [-0.39, 0.29) is 25.0 Å². The molecule has 0 bridgehead atoms. The average Bonchev–Trinajstić information content (AvgIpc) is 3.94. The number of nitrogens with two attached hydrogens (primary N) is 1. The molecule has 12 nitrogen and oxygen atoms in total. The molecule has 1 rings (SSSR count). The van der Waals surface area contributed by atoms with Gasteiger partial charge in [0.25, 0.3) is 0 Å². The number of hydrogen-bond donors (Lipinski definition) is 3. The Hall–Kier alpha value is -3.38. The van der Waals surface area contributed by atoms with E-state index >= 15 is 0 Å². The molecule has 0 amide bonds. The van der Waals surface area contributed by atoms with Crippen molar-refractivity contribution in [3.63, 3.8) is 0 Å². The van der Waals surface area contributed by atoms with Crippen LogP contribution >= 0.6 is 7.82 Å². The normalized spacial score (nSPS) is 18.2. The van der Waals surface area contributed by atoms with Gasteiger partial charge in [-0.05, 0) is 89.9 Å². The van der Waals surface area contributed by atoms with Gasteiger partial charge in [-0.25, -0.2) is 4.57 Å². The Balaban J connectivity index is 2.40. The summed E-state index contributed by atoms with van der Waals surface area (Å²) in [5.74, 6) is -2.53. The topological polar surface area (TPSA) is 184 Å². The summed E-state index contributed by atoms with van der Waals surface area (Å²) in [6, 6.07) is -1.54. The van der Waals surface area contributed by atoms with Crippen LogP contribution in [0.3, 0.4) is 0 Å². The predicted octanol–water partition coefficient (Wildman–Crippen LogP) is 9.71. The molecular formula is C44H70NO11P. The van der Waals surface area contributed by atoms with Gasteiger partial charge in [0.05, 0.1) is 25.4 Å². The van der Waals surface area contributed by atoms with Crippen molar-refractivity contribution in [3.05, 3.63) is 85.1 Å². The summed E-state index contributed by atoms with van der Waals surface area (Å²) in [6.07, 6.45) is 43.9. The van der Waals surface area contributed by atoms with Crippen LogP contribution in [-0.2, 0) is 42.2 Å². The molecule has 0 radical (unpaired) electrons. The van der Waals surface area contributed by atoms with Crippen molar-refractivity contribution in [1.82, 2.24) is 0 Å². The number of carboxylic acid groups (broad SMARTS) is 1. The zero-order valence-corrected chi connectivity index (χ0v) is 35.2. The molecule has 1 aliphatic rings. The molecule has 0 saturated carbocycles. The predicted molar refractivity (Wildman–Crippen MR) is 225 cm³/mol. The van der Waals surface area contributed by atoms with E-state index in [1.165, 1.54) is 19.3 Å². The number of allylic oxidation sites excluding steroid dienone is 13. The van der Waals surface area contributed by atoms with Crippen molar-refractivity contribution >= 4 is 25.7 Å². The molecule has 0 aliphatic carbocycles. The maximum absolute atomic E-state index is 12.6. The van der Waals surface area contributed by atoms with Gasteiger partial charge in [0.1, 0.15) is 12.6 Å². The fourth-order valence-electron chi connectivity index (χ4n) is 5.20. The highest BCUT2D eigenvalue weighted by Gasteiger charge is 2.36. The molecule has 0 aromatic carbocycles. The highest BCUT2D eigenvalue weighted by Crippen LogP contribution is 2.43. The number of aliphatic carboxylic acids is 1. The minimum atomic E-state index is -4.75. The van der Waals surface area contributed by atoms with Crippen molar-refractivity contribution < 1.29 is 52.2 Å². The second-order valence-corrected chi connectivity index (χ2v) is 15.2. The first-order valence-corrected chi connectivity index (χ1v) is 22.2. The first kappa shape index (κ1) is 51.6. The van der Waals surface area contributed by atoms with Crippen molar-refractivity contribution in [2.75, 3.05) is 19.8 Å². The van der Waals surface area contributed by atoms with Gasteiger partial charge < -0.3 is 29.9 Å². The molecule has 0 spiro atoms. The van der Waals surface area contributed by atoms with Gasteiger partial charge in [-0.1, -0.05) is 112 Å². The number of phosphoric ester groups is 1. The molecule has 322 valence electrons. The summed E-state index contributed by atoms with van der Waals surface area (Å²) in [7, 11) is -4.75. The van der Waals surface area contributed by atoms with Gasteiger partial charge in [0, 0.05) is 12.8 Å². The standard InChI is InChI=1S/C44H70NO11P/c1-3-5-7-9-11-13-15-17-18-19-21-23-25-27-29-33-43(47)55-38(36-53-57(50,51)54-37-39(45)44(48)49)35-52-42(46)34-30-32-41-40(56-41)31-28-26-24-22-20-16-14-12-10-8-6-4-2/h5,7,11-14,17-18,20-23,26,28,38-41H,3-4,6,8-10,15-16,19,24-25,27,29-37,45H2,1-2H3,(H,48,49)(H,50,51)/b7-5-,13-11-,14-12-,18-17-,22-20-,23-21-,28-26-/t38-,39+,40?,41?/m1/s1. The van der Waals surface area contributed by atoms with Crippen LogP contribution in [0.4, 0.5) is 0 Å². The number of unbranched alkanes of at least 4 members (excludes halogenated alkanes) is 5. The maximum Gasteiger partial charge on any atom is 0.472 e. The SMILES string of the molecule is CC/C=C\C/C=C\C/C=C\C/C=C\CCCCC(=O)O[C@H](COC(=O)CCCC1OC1C/C=C\C/C=C\C/C=C\CCCCC)COP(=O)(O)OC[C@H](N)C(=O)O. The highest BCUT2D eigenvalue weighted by molar-refractivity contribution is 7.47. The zero-order chi connectivity index (χ0) is 41.8. The van der Waals surface area contributed by atoms with Crippen LogP contribution in [-0.4, -0.2) is 72.1 Å². The molecule has 1 fully saturated rings. The molecular weight excluding hydrogens is 749 g/mol. The van der Waals surface area contributed by atoms with Crippen molar-refractivity contribution in [2.45, 2.75) is 154 Å². The van der Waals surface area contributed by atoms with Gasteiger partial charge in [-0.2, -0.15) is 0 Å². The summed E-state index contributed by atoms with van der Waals surface area (Å²) in [4.78, 5) is 46.0. The number of carbonyl (C=O) groups is 3. The second-order valence-electron chi connectivity index (χ2n) is 13.8. The Morgan fingerprint density at radius 3 is 1.77 bits per heavy atom. The number of ether oxygens (including phenoxy) is 3. The average molecular weight is 820 g/mol. The third-order valence-electron chi connectivity index (χ3n) is 8.55. The van der Waals surface area contributed by atoms with Gasteiger partial charge in [0.15, 0.2) is 6.10 Å². The van der Waals surface area contributed by atoms with E-state index in [9.17, 15) is 23.8 Å². The van der Waals surface area contributed by atoms with E-state index in [1.54, 1.807) is 0 Å². The number of hydrogen-bond acceptors (Lipinski definition) is 10. The molecule has 0 aromatic heterocycles. The van der Waals surface area contributed by atoms with Crippen LogP contribution in [0.2, 0.25) is 0 Å². The molecule has 3 unspecified atom stereocenters. The largest absolute Gasteiger partial charge is 0.480 e. The van der Waals surface area contributed by atoms with Gasteiger partial charge >= 0.3 is 25.7 Å². The van der Waals surface area contributed by atoms with E-state index in [1.807, 2.05) is 0 Å². The molecule has 4 N–H and O–H groups in total. The zero-order valence-electron chi connectivity index (χ0n) is 34.3. The van der Waals surface area contributed by atoms with Crippen molar-refractivity contribution in [3.8, 4) is 0 Å². The summed E-state index contributed by atoms with van der Waals surface area (Å²) < 4.78 is 38.3. The molecule has 57 heavy (non-hydrogen) atoms. The van der Waals surface area contributed by atoms with Gasteiger partial charge in [-0.3, -0.25) is 23.4 Å². The van der Waals surface area contributed by atoms with Crippen molar-refractivity contribution in [1.29, 1.82) is 0 Å². The third-order valence-corrected chi connectivity index (χ3v) is 9.50. The number of phosphoric acid groups is 1. The quantitative estimate of drug-likeness (QED) is 0.0179. The molecule has 0 aromatic rings. The molecule has 1 saturated heterocycles. The first-order chi connectivity index (χ1) is 27.6. The molecule has 5 atom stereocenters. The van der Waals surface area contributed by atoms with Gasteiger partial charge in [-0.15, -0.1) is 0 Å². The van der Waals surface area contributed by atoms with Crippen LogP contribution in [0.1, 0.15) is 129 Å². The fraction of sp³-hybridized carbons (Fsp3) is 0.614. The lowest BCUT2D eigenvalue weighted by atomic mass is 10.1. The smallest absolute Gasteiger partial charge is 0.472 e. The minimum absolute atomic E-state index is 0.0873. The summed E-state index contributed by atoms with van der Waals surface area (Å²) in [6.45, 7) is 2.51. The van der Waals surface area contributed by atoms with Crippen LogP contribution in [0, 0.1) is 0 Å². The Labute approximate surface area is 341 Å². The number of epoxide rings is 1. The fourth-order valence-corrected chi connectivity index (χ4v) is 5.98. The number of esters is 2. The van der Waals surface area contributed by atoms with Crippen LogP contribution in [0.5, 0.6) is 0 Å². The van der Waals surface area contributed by atoms with Crippen molar-refractivity contribution in [2.24, 2.45) is 5.73 Å². The van der Waals surface area contributed by atoms with E-state index in [2.05, 4.69) is 103 Å². The minimum Gasteiger partial charge on any atom is -0.480 e. The molecule has 1 aliphatic heterocycles. The number of rotatable bonds is 36. The van der Waals surface area contributed by atoms with E-state index in [4.69, 9.17) is 29.6 Å². The monoisotopic (exact) mass is 819 g/mol. The number of carboxylic acids is 1. The lowest BCUT2D eigenvalue weighted by Crippen LogP contribution is -2.34. The van der Waals surface area contributed by atoms with Crippen LogP contribution in [0.15, 0.2) is 85.1 Å². The van der Waals surface area contributed by atoms with Gasteiger partial charge in [0.2, 0.25) is 0 Å². The highest BCUT2D eigenvalue weighted by atomic mass is 31.2. The Bertz CT molecular complexity index is 1350. The molecule has 1 heterocycles. The second kappa shape index (κ2) is 34.6.